The first-order valence-corrected chi connectivity index (χ1v) is 6.45. The first kappa shape index (κ1) is 14.6. The maximum atomic E-state index is 10.9. The van der Waals surface area contributed by atoms with E-state index in [1.807, 2.05) is 0 Å². The topological polar surface area (TPSA) is 94.0 Å². The van der Waals surface area contributed by atoms with Gasteiger partial charge in [0.25, 0.3) is 5.91 Å². The van der Waals surface area contributed by atoms with Gasteiger partial charge < -0.3 is 10.8 Å². The van der Waals surface area contributed by atoms with Crippen LogP contribution in [0.5, 0.6) is 0 Å². The Kier molecular flexibility index (Phi) is 5.77. The van der Waals surface area contributed by atoms with Crippen molar-refractivity contribution in [3.63, 3.8) is 0 Å². The highest BCUT2D eigenvalue weighted by atomic mass is 16.3. The largest absolute Gasteiger partial charge is 0.391 e. The normalized spacial score (nSPS) is 14.4. The zero-order valence-electron chi connectivity index (χ0n) is 11.0. The van der Waals surface area contributed by atoms with Crippen molar-refractivity contribution in [1.29, 1.82) is 0 Å². The number of primary amides is 1. The van der Waals surface area contributed by atoms with Gasteiger partial charge in [-0.1, -0.05) is 32.6 Å². The quantitative estimate of drug-likeness (QED) is 0.683. The van der Waals surface area contributed by atoms with Crippen LogP contribution in [-0.2, 0) is 0 Å². The molecule has 0 bridgehead atoms. The first-order chi connectivity index (χ1) is 8.56. The number of aromatic nitrogens is 3. The van der Waals surface area contributed by atoms with Crippen LogP contribution in [-0.4, -0.2) is 31.9 Å². The second-order valence-corrected chi connectivity index (χ2v) is 4.57. The third-order valence-corrected chi connectivity index (χ3v) is 2.98. The Hall–Kier alpha value is -1.43. The summed E-state index contributed by atoms with van der Waals surface area (Å²) in [6, 6.07) is -0.151. The number of unbranched alkanes of at least 4 members (excludes halogenated alkanes) is 3. The van der Waals surface area contributed by atoms with Crippen molar-refractivity contribution < 1.29 is 9.90 Å². The molecule has 2 atom stereocenters. The molecule has 102 valence electrons. The average molecular weight is 254 g/mol. The van der Waals surface area contributed by atoms with Crippen molar-refractivity contribution in [2.24, 2.45) is 5.73 Å². The molecule has 0 unspecified atom stereocenters. The summed E-state index contributed by atoms with van der Waals surface area (Å²) in [5.74, 6) is -0.654. The van der Waals surface area contributed by atoms with E-state index in [-0.39, 0.29) is 11.9 Å². The Labute approximate surface area is 107 Å². The lowest BCUT2D eigenvalue weighted by atomic mass is 10.0. The molecule has 6 nitrogen and oxygen atoms in total. The number of hydrogen-bond donors (Lipinski definition) is 2. The highest BCUT2D eigenvalue weighted by Gasteiger charge is 2.19. The van der Waals surface area contributed by atoms with Gasteiger partial charge in [0.05, 0.1) is 12.1 Å². The standard InChI is InChI=1S/C12H22N4O2/c1-3-4-5-6-7-10(9(2)17)16-8-14-12(15-16)11(13)18/h8-10,17H,3-7H2,1-2H3,(H2,13,18)/t9-,10-/m0/s1. The van der Waals surface area contributed by atoms with Gasteiger partial charge in [0.15, 0.2) is 0 Å². The zero-order chi connectivity index (χ0) is 13.5. The molecular weight excluding hydrogens is 232 g/mol. The molecule has 0 fully saturated rings. The lowest BCUT2D eigenvalue weighted by Crippen LogP contribution is -2.23. The fraction of sp³-hybridized carbons (Fsp3) is 0.750. The molecule has 0 aromatic carbocycles. The van der Waals surface area contributed by atoms with E-state index in [4.69, 9.17) is 5.73 Å². The highest BCUT2D eigenvalue weighted by molar-refractivity contribution is 5.88. The second-order valence-electron chi connectivity index (χ2n) is 4.57. The Balaban J connectivity index is 2.62. The molecule has 0 radical (unpaired) electrons. The fourth-order valence-corrected chi connectivity index (χ4v) is 1.92. The van der Waals surface area contributed by atoms with Crippen molar-refractivity contribution >= 4 is 5.91 Å². The molecule has 1 rings (SSSR count). The van der Waals surface area contributed by atoms with Crippen molar-refractivity contribution in [2.45, 2.75) is 58.1 Å². The van der Waals surface area contributed by atoms with Crippen molar-refractivity contribution in [3.05, 3.63) is 12.2 Å². The minimum atomic E-state index is -0.649. The third kappa shape index (κ3) is 4.10. The minimum absolute atomic E-state index is 0.00536. The Morgan fingerprint density at radius 3 is 2.72 bits per heavy atom. The average Bonchev–Trinajstić information content (AvgIpc) is 2.77. The van der Waals surface area contributed by atoms with Crippen LogP contribution < -0.4 is 5.73 Å². The van der Waals surface area contributed by atoms with Crippen molar-refractivity contribution in [1.82, 2.24) is 14.8 Å². The fourth-order valence-electron chi connectivity index (χ4n) is 1.92. The summed E-state index contributed by atoms with van der Waals surface area (Å²) in [7, 11) is 0. The van der Waals surface area contributed by atoms with E-state index in [1.54, 1.807) is 6.92 Å². The van der Waals surface area contributed by atoms with E-state index in [0.717, 1.165) is 19.3 Å². The van der Waals surface area contributed by atoms with Gasteiger partial charge in [-0.25, -0.2) is 9.67 Å². The van der Waals surface area contributed by atoms with E-state index >= 15 is 0 Å². The van der Waals surface area contributed by atoms with Crippen molar-refractivity contribution in [3.8, 4) is 0 Å². The SMILES string of the molecule is CCCCCC[C@@H]([C@H](C)O)n1cnc(C(N)=O)n1. The van der Waals surface area contributed by atoms with Crippen LogP contribution in [0.4, 0.5) is 0 Å². The number of aliphatic hydroxyl groups is 1. The summed E-state index contributed by atoms with van der Waals surface area (Å²) in [5, 5.41) is 13.8. The predicted octanol–water partition coefficient (Wildman–Crippen LogP) is 1.27. The molecule has 3 N–H and O–H groups in total. The molecule has 18 heavy (non-hydrogen) atoms. The summed E-state index contributed by atoms with van der Waals surface area (Å²) in [4.78, 5) is 14.8. The van der Waals surface area contributed by atoms with Crippen LogP contribution in [0.25, 0.3) is 0 Å². The Morgan fingerprint density at radius 1 is 1.50 bits per heavy atom. The van der Waals surface area contributed by atoms with Crippen LogP contribution in [0.1, 0.15) is 62.6 Å². The van der Waals surface area contributed by atoms with E-state index in [0.29, 0.717) is 0 Å². The van der Waals surface area contributed by atoms with Gasteiger partial charge in [-0.15, -0.1) is 5.10 Å². The molecule has 1 heterocycles. The molecule has 0 aliphatic rings. The summed E-state index contributed by atoms with van der Waals surface area (Å²) >= 11 is 0. The number of nitrogens with zero attached hydrogens (tertiary/aromatic N) is 3. The number of hydrogen-bond acceptors (Lipinski definition) is 4. The molecule has 0 aliphatic heterocycles. The van der Waals surface area contributed by atoms with Gasteiger partial charge in [0.2, 0.25) is 5.82 Å². The second kappa shape index (κ2) is 7.10. The molecule has 0 saturated heterocycles. The summed E-state index contributed by atoms with van der Waals surface area (Å²) in [6.45, 7) is 3.87. The number of carbonyl (C=O) groups excluding carboxylic acids is 1. The molecule has 0 aliphatic carbocycles. The van der Waals surface area contributed by atoms with Crippen LogP contribution >= 0.6 is 0 Å². The number of aliphatic hydroxyl groups excluding tert-OH is 1. The minimum Gasteiger partial charge on any atom is -0.391 e. The summed E-state index contributed by atoms with van der Waals surface area (Å²) in [5.41, 5.74) is 5.10. The molecular formula is C12H22N4O2. The predicted molar refractivity (Wildman–Crippen MR) is 68.0 cm³/mol. The van der Waals surface area contributed by atoms with Crippen LogP contribution in [0.15, 0.2) is 6.33 Å². The number of nitrogens with two attached hydrogens (primary N) is 1. The van der Waals surface area contributed by atoms with Crippen LogP contribution in [0, 0.1) is 0 Å². The molecule has 1 aromatic heterocycles. The third-order valence-electron chi connectivity index (χ3n) is 2.98. The van der Waals surface area contributed by atoms with Gasteiger partial charge in [0.1, 0.15) is 6.33 Å². The lowest BCUT2D eigenvalue weighted by Gasteiger charge is -2.19. The number of carbonyl (C=O) groups is 1. The van der Waals surface area contributed by atoms with Crippen LogP contribution in [0.3, 0.4) is 0 Å². The van der Waals surface area contributed by atoms with Crippen LogP contribution in [0.2, 0.25) is 0 Å². The lowest BCUT2D eigenvalue weighted by molar-refractivity contribution is 0.0981. The van der Waals surface area contributed by atoms with Gasteiger partial charge >= 0.3 is 0 Å². The highest BCUT2D eigenvalue weighted by Crippen LogP contribution is 2.19. The van der Waals surface area contributed by atoms with E-state index < -0.39 is 12.0 Å². The van der Waals surface area contributed by atoms with Gasteiger partial charge in [0, 0.05) is 0 Å². The molecule has 0 saturated carbocycles. The summed E-state index contributed by atoms with van der Waals surface area (Å²) < 4.78 is 1.54. The maximum Gasteiger partial charge on any atom is 0.288 e. The summed E-state index contributed by atoms with van der Waals surface area (Å²) in [6.07, 6.45) is 6.27. The van der Waals surface area contributed by atoms with Gasteiger partial charge in [-0.2, -0.15) is 0 Å². The van der Waals surface area contributed by atoms with E-state index in [2.05, 4.69) is 17.0 Å². The zero-order valence-corrected chi connectivity index (χ0v) is 11.0. The molecule has 1 aromatic rings. The van der Waals surface area contributed by atoms with E-state index in [9.17, 15) is 9.90 Å². The Morgan fingerprint density at radius 2 is 2.22 bits per heavy atom. The first-order valence-electron chi connectivity index (χ1n) is 6.45. The van der Waals surface area contributed by atoms with E-state index in [1.165, 1.54) is 23.9 Å². The van der Waals surface area contributed by atoms with Gasteiger partial charge in [-0.3, -0.25) is 4.79 Å². The number of amides is 1. The monoisotopic (exact) mass is 254 g/mol. The molecule has 6 heteroatoms. The number of rotatable bonds is 8. The maximum absolute atomic E-state index is 10.9. The molecule has 0 spiro atoms. The molecule has 1 amide bonds. The Bertz CT molecular complexity index is 376. The van der Waals surface area contributed by atoms with Gasteiger partial charge in [-0.05, 0) is 13.3 Å². The van der Waals surface area contributed by atoms with Crippen molar-refractivity contribution in [2.75, 3.05) is 0 Å². The smallest absolute Gasteiger partial charge is 0.288 e.